The van der Waals surface area contributed by atoms with Gasteiger partial charge in [0.15, 0.2) is 4.96 Å². The summed E-state index contributed by atoms with van der Waals surface area (Å²) in [5, 5.41) is 0. The van der Waals surface area contributed by atoms with Crippen molar-refractivity contribution in [3.8, 4) is 0 Å². The number of fused-ring (bicyclic) bond motifs is 3. The molecule has 82 valence electrons. The lowest BCUT2D eigenvalue weighted by Crippen LogP contribution is -2.03. The number of thiazole rings is 1. The van der Waals surface area contributed by atoms with E-state index in [0.29, 0.717) is 9.66 Å². The zero-order valence-electron chi connectivity index (χ0n) is 7.82. The lowest BCUT2D eigenvalue weighted by atomic mass is 10.2. The Kier molecular flexibility index (Phi) is 1.79. The summed E-state index contributed by atoms with van der Waals surface area (Å²) in [4.78, 5) is 4.75. The first-order chi connectivity index (χ1) is 7.55. The normalized spacial score (nSPS) is 12.7. The van der Waals surface area contributed by atoms with E-state index in [1.807, 2.05) is 0 Å². The molecule has 3 aromatic rings. The minimum absolute atomic E-state index is 0.595. The average Bonchev–Trinajstić information content (AvgIpc) is 2.74. The maximum absolute atomic E-state index is 12.5. The van der Waals surface area contributed by atoms with Crippen LogP contribution in [0.1, 0.15) is 5.56 Å². The Morgan fingerprint density at radius 1 is 1.25 bits per heavy atom. The Balaban J connectivity index is 2.33. The van der Waals surface area contributed by atoms with E-state index in [1.54, 1.807) is 16.8 Å². The molecule has 2 nitrogen and oxygen atoms in total. The van der Waals surface area contributed by atoms with Gasteiger partial charge in [-0.3, -0.25) is 4.40 Å². The summed E-state index contributed by atoms with van der Waals surface area (Å²) >= 11 is 1.25. The molecule has 2 aromatic heterocycles. The van der Waals surface area contributed by atoms with Crippen LogP contribution in [-0.2, 0) is 6.18 Å². The Hall–Kier alpha value is -1.56. The second-order valence-corrected chi connectivity index (χ2v) is 4.37. The summed E-state index contributed by atoms with van der Waals surface area (Å²) in [7, 11) is 0. The van der Waals surface area contributed by atoms with Gasteiger partial charge < -0.3 is 0 Å². The van der Waals surface area contributed by atoms with Gasteiger partial charge in [0.2, 0.25) is 0 Å². The number of benzene rings is 1. The molecule has 0 unspecified atom stereocenters. The van der Waals surface area contributed by atoms with Gasteiger partial charge in [-0.2, -0.15) is 13.2 Å². The van der Waals surface area contributed by atoms with E-state index in [2.05, 4.69) is 4.98 Å². The van der Waals surface area contributed by atoms with Gasteiger partial charge in [-0.05, 0) is 18.2 Å². The maximum atomic E-state index is 12.5. The first-order valence-corrected chi connectivity index (χ1v) is 5.30. The van der Waals surface area contributed by atoms with Crippen molar-refractivity contribution in [2.24, 2.45) is 0 Å². The Bertz CT molecular complexity index is 665. The van der Waals surface area contributed by atoms with Crippen molar-refractivity contribution in [3.05, 3.63) is 36.2 Å². The minimum atomic E-state index is -4.29. The number of aromatic nitrogens is 2. The van der Waals surface area contributed by atoms with Gasteiger partial charge in [-0.15, -0.1) is 0 Å². The largest absolute Gasteiger partial charge is 0.416 e. The molecule has 0 fully saturated rings. The summed E-state index contributed by atoms with van der Waals surface area (Å²) in [5.74, 6) is 0. The van der Waals surface area contributed by atoms with Crippen molar-refractivity contribution < 1.29 is 13.2 Å². The molecule has 6 heteroatoms. The van der Waals surface area contributed by atoms with E-state index in [9.17, 15) is 13.2 Å². The Labute approximate surface area is 92.0 Å². The predicted molar refractivity (Wildman–Crippen MR) is 55.6 cm³/mol. The molecule has 0 aliphatic rings. The van der Waals surface area contributed by atoms with E-state index < -0.39 is 11.7 Å². The van der Waals surface area contributed by atoms with Gasteiger partial charge >= 0.3 is 6.18 Å². The number of rotatable bonds is 0. The zero-order chi connectivity index (χ0) is 11.3. The van der Waals surface area contributed by atoms with Crippen LogP contribution in [0, 0.1) is 0 Å². The summed E-state index contributed by atoms with van der Waals surface area (Å²) in [6.07, 6.45) is -0.926. The molecule has 0 aliphatic heterocycles. The fraction of sp³-hybridized carbons (Fsp3) is 0.100. The van der Waals surface area contributed by atoms with Crippen LogP contribution in [0.4, 0.5) is 13.2 Å². The van der Waals surface area contributed by atoms with Gasteiger partial charge in [0.25, 0.3) is 0 Å². The van der Waals surface area contributed by atoms with Gasteiger partial charge in [-0.25, -0.2) is 4.98 Å². The van der Waals surface area contributed by atoms with Crippen LogP contribution in [-0.4, -0.2) is 9.38 Å². The molecule has 0 radical (unpaired) electrons. The molecule has 0 N–H and O–H groups in total. The number of halogens is 3. The first kappa shape index (κ1) is 9.65. The van der Waals surface area contributed by atoms with Gasteiger partial charge in [0, 0.05) is 12.4 Å². The van der Waals surface area contributed by atoms with Gasteiger partial charge in [0.05, 0.1) is 15.8 Å². The quantitative estimate of drug-likeness (QED) is 0.589. The number of nitrogens with zero attached hydrogens (tertiary/aromatic N) is 2. The van der Waals surface area contributed by atoms with Crippen LogP contribution in [0.25, 0.3) is 15.2 Å². The standard InChI is InChI=1S/C10H5F3N2S/c11-10(12,13)6-1-2-7-8(5-6)16-9-14-3-4-15(7)9/h1-5H. The van der Waals surface area contributed by atoms with Crippen LogP contribution < -0.4 is 0 Å². The lowest BCUT2D eigenvalue weighted by Gasteiger charge is -2.05. The number of alkyl halides is 3. The van der Waals surface area contributed by atoms with Gasteiger partial charge in [0.1, 0.15) is 0 Å². The van der Waals surface area contributed by atoms with E-state index in [1.165, 1.54) is 17.4 Å². The van der Waals surface area contributed by atoms with Gasteiger partial charge in [-0.1, -0.05) is 11.3 Å². The molecule has 0 amide bonds. The van der Waals surface area contributed by atoms with Crippen molar-refractivity contribution in [2.75, 3.05) is 0 Å². The van der Waals surface area contributed by atoms with Crippen molar-refractivity contribution in [1.29, 1.82) is 0 Å². The van der Waals surface area contributed by atoms with Crippen LogP contribution in [0.15, 0.2) is 30.6 Å². The molecule has 0 saturated heterocycles. The fourth-order valence-corrected chi connectivity index (χ4v) is 2.64. The Morgan fingerprint density at radius 3 is 2.81 bits per heavy atom. The van der Waals surface area contributed by atoms with Crippen LogP contribution in [0.5, 0.6) is 0 Å². The molecule has 1 aromatic carbocycles. The van der Waals surface area contributed by atoms with Crippen LogP contribution in [0.2, 0.25) is 0 Å². The summed E-state index contributed by atoms with van der Waals surface area (Å²) in [6.45, 7) is 0. The van der Waals surface area contributed by atoms with Crippen LogP contribution >= 0.6 is 11.3 Å². The van der Waals surface area contributed by atoms with Crippen molar-refractivity contribution in [2.45, 2.75) is 6.18 Å². The molecular weight excluding hydrogens is 237 g/mol. The highest BCUT2D eigenvalue weighted by molar-refractivity contribution is 7.23. The third kappa shape index (κ3) is 1.30. The number of hydrogen-bond acceptors (Lipinski definition) is 2. The summed E-state index contributed by atoms with van der Waals surface area (Å²) < 4.78 is 39.8. The van der Waals surface area contributed by atoms with E-state index in [-0.39, 0.29) is 0 Å². The fourth-order valence-electron chi connectivity index (χ4n) is 1.62. The third-order valence-electron chi connectivity index (χ3n) is 2.35. The monoisotopic (exact) mass is 242 g/mol. The number of imidazole rings is 1. The first-order valence-electron chi connectivity index (χ1n) is 4.48. The molecule has 2 heterocycles. The van der Waals surface area contributed by atoms with Crippen LogP contribution in [0.3, 0.4) is 0 Å². The highest BCUT2D eigenvalue weighted by Gasteiger charge is 2.30. The SMILES string of the molecule is FC(F)(F)c1ccc2c(c1)sc1nccn12. The highest BCUT2D eigenvalue weighted by Crippen LogP contribution is 2.34. The van der Waals surface area contributed by atoms with E-state index in [0.717, 1.165) is 17.6 Å². The lowest BCUT2D eigenvalue weighted by molar-refractivity contribution is -0.137. The number of hydrogen-bond donors (Lipinski definition) is 0. The molecular formula is C10H5F3N2S. The molecule has 16 heavy (non-hydrogen) atoms. The molecule has 0 aliphatic carbocycles. The molecule has 0 saturated carbocycles. The maximum Gasteiger partial charge on any atom is 0.416 e. The topological polar surface area (TPSA) is 17.3 Å². The zero-order valence-corrected chi connectivity index (χ0v) is 8.64. The highest BCUT2D eigenvalue weighted by atomic mass is 32.1. The summed E-state index contributed by atoms with van der Waals surface area (Å²) in [5.41, 5.74) is 0.134. The second-order valence-electron chi connectivity index (χ2n) is 3.36. The average molecular weight is 242 g/mol. The van der Waals surface area contributed by atoms with Crippen molar-refractivity contribution >= 4 is 26.5 Å². The van der Waals surface area contributed by atoms with E-state index >= 15 is 0 Å². The minimum Gasteiger partial charge on any atom is -0.290 e. The molecule has 0 atom stereocenters. The predicted octanol–water partition coefficient (Wildman–Crippen LogP) is 3.57. The Morgan fingerprint density at radius 2 is 2.06 bits per heavy atom. The summed E-state index contributed by atoms with van der Waals surface area (Å²) in [6, 6.07) is 3.73. The molecule has 0 bridgehead atoms. The van der Waals surface area contributed by atoms with Crippen molar-refractivity contribution in [3.63, 3.8) is 0 Å². The third-order valence-corrected chi connectivity index (χ3v) is 3.39. The van der Waals surface area contributed by atoms with E-state index in [4.69, 9.17) is 0 Å². The smallest absolute Gasteiger partial charge is 0.290 e. The molecule has 0 spiro atoms. The molecule has 3 rings (SSSR count). The second kappa shape index (κ2) is 2.98. The van der Waals surface area contributed by atoms with Crippen molar-refractivity contribution in [1.82, 2.24) is 9.38 Å².